The minimum absolute atomic E-state index is 0.0584. The second kappa shape index (κ2) is 8.58. The Balaban J connectivity index is 1.67. The fourth-order valence-electron chi connectivity index (χ4n) is 2.34. The maximum absolute atomic E-state index is 12.6. The molecule has 1 heterocycles. The van der Waals surface area contributed by atoms with Gasteiger partial charge in [0.1, 0.15) is 0 Å². The van der Waals surface area contributed by atoms with Crippen molar-refractivity contribution in [2.75, 3.05) is 11.1 Å². The summed E-state index contributed by atoms with van der Waals surface area (Å²) < 4.78 is 0. The van der Waals surface area contributed by atoms with Gasteiger partial charge in [-0.2, -0.15) is 0 Å². The second-order valence-corrected chi connectivity index (χ2v) is 8.19. The van der Waals surface area contributed by atoms with E-state index >= 15 is 0 Å². The molecule has 2 aromatic carbocycles. The van der Waals surface area contributed by atoms with E-state index in [-0.39, 0.29) is 11.2 Å². The van der Waals surface area contributed by atoms with Crippen molar-refractivity contribution in [2.45, 2.75) is 23.5 Å². The van der Waals surface area contributed by atoms with E-state index in [1.807, 2.05) is 60.8 Å². The van der Waals surface area contributed by atoms with Gasteiger partial charge in [0.05, 0.1) is 10.9 Å². The van der Waals surface area contributed by atoms with Crippen molar-refractivity contribution in [1.82, 2.24) is 4.98 Å². The molecule has 0 spiro atoms. The van der Waals surface area contributed by atoms with Crippen LogP contribution in [0, 0.1) is 0 Å². The Morgan fingerprint density at radius 3 is 2.77 bits per heavy atom. The van der Waals surface area contributed by atoms with Gasteiger partial charge in [0.25, 0.3) is 0 Å². The van der Waals surface area contributed by atoms with Gasteiger partial charge in [-0.1, -0.05) is 36.7 Å². The number of amides is 1. The van der Waals surface area contributed by atoms with Crippen molar-refractivity contribution in [3.05, 3.63) is 58.9 Å². The molecule has 3 aromatic rings. The maximum Gasteiger partial charge on any atom is 0.239 e. The molecular formula is C19H18ClN3OS2. The molecule has 134 valence electrons. The number of halogens is 1. The largest absolute Gasteiger partial charge is 0.399 e. The average Bonchev–Trinajstić information content (AvgIpc) is 3.08. The third-order valence-electron chi connectivity index (χ3n) is 3.67. The number of carbonyl (C=O) groups is 1. The molecule has 0 saturated carbocycles. The lowest BCUT2D eigenvalue weighted by molar-refractivity contribution is -0.115. The minimum atomic E-state index is -0.209. The van der Waals surface area contributed by atoms with Crippen LogP contribution in [-0.2, 0) is 4.79 Å². The highest BCUT2D eigenvalue weighted by molar-refractivity contribution is 8.00. The van der Waals surface area contributed by atoms with Crippen LogP contribution in [0.25, 0.3) is 11.3 Å². The van der Waals surface area contributed by atoms with E-state index in [0.29, 0.717) is 22.3 Å². The second-order valence-electron chi connectivity index (χ2n) is 5.62. The molecule has 0 aliphatic carbocycles. The number of carbonyl (C=O) groups excluding carboxylic acids is 1. The summed E-state index contributed by atoms with van der Waals surface area (Å²) in [5, 5.41) is 5.90. The zero-order chi connectivity index (χ0) is 18.5. The van der Waals surface area contributed by atoms with E-state index < -0.39 is 0 Å². The lowest BCUT2D eigenvalue weighted by Gasteiger charge is -2.13. The first kappa shape index (κ1) is 18.8. The number of benzene rings is 2. The Hall–Kier alpha value is -2.02. The van der Waals surface area contributed by atoms with Crippen LogP contribution in [-0.4, -0.2) is 16.1 Å². The zero-order valence-electron chi connectivity index (χ0n) is 14.1. The molecule has 26 heavy (non-hydrogen) atoms. The van der Waals surface area contributed by atoms with Crippen LogP contribution in [0.3, 0.4) is 0 Å². The number of nitrogens with zero attached hydrogens (tertiary/aromatic N) is 1. The quantitative estimate of drug-likeness (QED) is 0.418. The first-order chi connectivity index (χ1) is 12.5. The van der Waals surface area contributed by atoms with Gasteiger partial charge in [-0.3, -0.25) is 4.79 Å². The Labute approximate surface area is 165 Å². The highest BCUT2D eigenvalue weighted by Gasteiger charge is 2.19. The van der Waals surface area contributed by atoms with E-state index in [9.17, 15) is 4.79 Å². The van der Waals surface area contributed by atoms with Gasteiger partial charge < -0.3 is 11.1 Å². The Morgan fingerprint density at radius 1 is 1.31 bits per heavy atom. The number of anilines is 2. The van der Waals surface area contributed by atoms with Crippen molar-refractivity contribution in [3.63, 3.8) is 0 Å². The van der Waals surface area contributed by atoms with Crippen LogP contribution in [0.4, 0.5) is 10.8 Å². The van der Waals surface area contributed by atoms with Crippen molar-refractivity contribution in [1.29, 1.82) is 0 Å². The third-order valence-corrected chi connectivity index (χ3v) is 6.04. The number of hydrogen-bond acceptors (Lipinski definition) is 5. The summed E-state index contributed by atoms with van der Waals surface area (Å²) in [5.41, 5.74) is 8.29. The molecule has 7 heteroatoms. The lowest BCUT2D eigenvalue weighted by Crippen LogP contribution is -2.24. The fraction of sp³-hybridized carbons (Fsp3) is 0.158. The normalized spacial score (nSPS) is 11.9. The number of nitrogens with two attached hydrogens (primary N) is 1. The van der Waals surface area contributed by atoms with Crippen LogP contribution in [0.15, 0.2) is 58.8 Å². The highest BCUT2D eigenvalue weighted by Crippen LogP contribution is 2.29. The smallest absolute Gasteiger partial charge is 0.239 e. The molecule has 0 radical (unpaired) electrons. The fourth-order valence-corrected chi connectivity index (χ4v) is 4.22. The zero-order valence-corrected chi connectivity index (χ0v) is 16.5. The van der Waals surface area contributed by atoms with E-state index in [2.05, 4.69) is 10.3 Å². The average molecular weight is 404 g/mol. The molecular weight excluding hydrogens is 386 g/mol. The van der Waals surface area contributed by atoms with E-state index in [0.717, 1.165) is 16.2 Å². The standard InChI is InChI=1S/C19H18ClN3OS2/c1-2-17(26-15-5-3-4-14(21)10-15)18(24)23-19-22-16(11-25-19)12-6-8-13(20)9-7-12/h3-11,17H,2,21H2,1H3,(H,22,23,24). The van der Waals surface area contributed by atoms with Gasteiger partial charge in [-0.15, -0.1) is 23.1 Å². The monoisotopic (exact) mass is 403 g/mol. The number of thiazole rings is 1. The predicted octanol–water partition coefficient (Wildman–Crippen LogP) is 5.56. The molecule has 0 aliphatic heterocycles. The third kappa shape index (κ3) is 4.78. The van der Waals surface area contributed by atoms with E-state index in [1.165, 1.54) is 23.1 Å². The first-order valence-corrected chi connectivity index (χ1v) is 10.2. The molecule has 3 rings (SSSR count). The van der Waals surface area contributed by atoms with Gasteiger partial charge in [0.15, 0.2) is 5.13 Å². The van der Waals surface area contributed by atoms with Crippen molar-refractivity contribution in [3.8, 4) is 11.3 Å². The molecule has 1 amide bonds. The van der Waals surface area contributed by atoms with Crippen LogP contribution >= 0.6 is 34.7 Å². The van der Waals surface area contributed by atoms with Gasteiger partial charge in [0.2, 0.25) is 5.91 Å². The molecule has 0 aliphatic rings. The summed E-state index contributed by atoms with van der Waals surface area (Å²) in [7, 11) is 0. The summed E-state index contributed by atoms with van der Waals surface area (Å²) >= 11 is 8.83. The van der Waals surface area contributed by atoms with Crippen molar-refractivity contribution < 1.29 is 4.79 Å². The number of nitrogens with one attached hydrogen (secondary N) is 1. The van der Waals surface area contributed by atoms with Crippen LogP contribution in [0.1, 0.15) is 13.3 Å². The predicted molar refractivity (Wildman–Crippen MR) is 112 cm³/mol. The number of thioether (sulfide) groups is 1. The van der Waals surface area contributed by atoms with Crippen molar-refractivity contribution in [2.24, 2.45) is 0 Å². The summed E-state index contributed by atoms with van der Waals surface area (Å²) in [6.45, 7) is 1.99. The number of rotatable bonds is 6. The molecule has 1 unspecified atom stereocenters. The SMILES string of the molecule is CCC(Sc1cccc(N)c1)C(=O)Nc1nc(-c2ccc(Cl)cc2)cs1. The number of aromatic nitrogens is 1. The molecule has 4 nitrogen and oxygen atoms in total. The summed E-state index contributed by atoms with van der Waals surface area (Å²) in [6.07, 6.45) is 0.709. The van der Waals surface area contributed by atoms with Gasteiger partial charge in [0, 0.05) is 26.5 Å². The summed E-state index contributed by atoms with van der Waals surface area (Å²) in [5.74, 6) is -0.0584. The molecule has 3 N–H and O–H groups in total. The minimum Gasteiger partial charge on any atom is -0.399 e. The lowest BCUT2D eigenvalue weighted by atomic mass is 10.2. The molecule has 0 saturated heterocycles. The Kier molecular flexibility index (Phi) is 6.19. The number of nitrogen functional groups attached to an aromatic ring is 1. The van der Waals surface area contributed by atoms with E-state index in [4.69, 9.17) is 17.3 Å². The molecule has 1 atom stereocenters. The highest BCUT2D eigenvalue weighted by atomic mass is 35.5. The first-order valence-electron chi connectivity index (χ1n) is 8.09. The Morgan fingerprint density at radius 2 is 2.08 bits per heavy atom. The van der Waals surface area contributed by atoms with Gasteiger partial charge >= 0.3 is 0 Å². The maximum atomic E-state index is 12.6. The van der Waals surface area contributed by atoms with Crippen LogP contribution < -0.4 is 11.1 Å². The van der Waals surface area contributed by atoms with Crippen LogP contribution in [0.2, 0.25) is 5.02 Å². The van der Waals surface area contributed by atoms with Gasteiger partial charge in [-0.05, 0) is 36.8 Å². The van der Waals surface area contributed by atoms with Crippen molar-refractivity contribution >= 4 is 51.4 Å². The molecule has 0 bridgehead atoms. The summed E-state index contributed by atoms with van der Waals surface area (Å²) in [6, 6.07) is 15.0. The Bertz CT molecular complexity index is 896. The topological polar surface area (TPSA) is 68.0 Å². The van der Waals surface area contributed by atoms with E-state index in [1.54, 1.807) is 0 Å². The molecule has 1 aromatic heterocycles. The number of hydrogen-bond donors (Lipinski definition) is 2. The van der Waals surface area contributed by atoms with Crippen LogP contribution in [0.5, 0.6) is 0 Å². The van der Waals surface area contributed by atoms with Gasteiger partial charge in [-0.25, -0.2) is 4.98 Å². The molecule has 0 fully saturated rings. The summed E-state index contributed by atoms with van der Waals surface area (Å²) in [4.78, 5) is 18.1.